The van der Waals surface area contributed by atoms with Crippen LogP contribution < -0.4 is 5.73 Å². The molecule has 0 aromatic heterocycles. The van der Waals surface area contributed by atoms with Crippen LogP contribution in [-0.4, -0.2) is 19.8 Å². The summed E-state index contributed by atoms with van der Waals surface area (Å²) in [5.74, 6) is 3.11. The first-order valence-electron chi connectivity index (χ1n) is 6.96. The van der Waals surface area contributed by atoms with E-state index in [1.54, 1.807) is 0 Å². The molecule has 3 unspecified atom stereocenters. The molecule has 2 heteroatoms. The third-order valence-corrected chi connectivity index (χ3v) is 4.11. The molecule has 1 aliphatic carbocycles. The lowest BCUT2D eigenvalue weighted by atomic mass is 9.71. The fourth-order valence-electron chi connectivity index (χ4n) is 2.86. The second-order valence-corrected chi connectivity index (χ2v) is 5.65. The van der Waals surface area contributed by atoms with Crippen molar-refractivity contribution < 1.29 is 4.74 Å². The van der Waals surface area contributed by atoms with Crippen molar-refractivity contribution in [3.8, 4) is 0 Å². The van der Waals surface area contributed by atoms with Crippen molar-refractivity contribution in [3.63, 3.8) is 0 Å². The van der Waals surface area contributed by atoms with E-state index in [0.29, 0.717) is 11.8 Å². The van der Waals surface area contributed by atoms with Gasteiger partial charge in [-0.2, -0.15) is 0 Å². The average Bonchev–Trinajstić information content (AvgIpc) is 2.29. The van der Waals surface area contributed by atoms with E-state index >= 15 is 0 Å². The van der Waals surface area contributed by atoms with E-state index in [1.807, 2.05) is 0 Å². The molecule has 0 bridgehead atoms. The molecule has 1 aliphatic rings. The van der Waals surface area contributed by atoms with E-state index in [-0.39, 0.29) is 0 Å². The van der Waals surface area contributed by atoms with Gasteiger partial charge in [0.2, 0.25) is 0 Å². The van der Waals surface area contributed by atoms with Crippen LogP contribution in [0.4, 0.5) is 0 Å². The Morgan fingerprint density at radius 2 is 2.00 bits per heavy atom. The summed E-state index contributed by atoms with van der Waals surface area (Å²) in [5, 5.41) is 0. The topological polar surface area (TPSA) is 35.2 Å². The van der Waals surface area contributed by atoms with Gasteiger partial charge in [-0.25, -0.2) is 0 Å². The Morgan fingerprint density at radius 1 is 1.25 bits per heavy atom. The summed E-state index contributed by atoms with van der Waals surface area (Å²) in [6, 6.07) is 0. The lowest BCUT2D eigenvalue weighted by molar-refractivity contribution is 0.0398. The summed E-state index contributed by atoms with van der Waals surface area (Å²) in [7, 11) is 0. The highest BCUT2D eigenvalue weighted by Gasteiger charge is 2.30. The molecule has 0 aromatic rings. The maximum absolute atomic E-state index is 5.86. The second kappa shape index (κ2) is 7.29. The van der Waals surface area contributed by atoms with Crippen LogP contribution in [-0.2, 0) is 4.74 Å². The predicted molar refractivity (Wildman–Crippen MR) is 69.3 cm³/mol. The van der Waals surface area contributed by atoms with Gasteiger partial charge in [-0.1, -0.05) is 20.8 Å². The normalized spacial score (nSPS) is 30.9. The van der Waals surface area contributed by atoms with Crippen LogP contribution in [0.3, 0.4) is 0 Å². The molecule has 1 fully saturated rings. The van der Waals surface area contributed by atoms with Crippen molar-refractivity contribution in [3.05, 3.63) is 0 Å². The Labute approximate surface area is 101 Å². The minimum Gasteiger partial charge on any atom is -0.381 e. The molecule has 2 nitrogen and oxygen atoms in total. The Morgan fingerprint density at radius 3 is 2.56 bits per heavy atom. The van der Waals surface area contributed by atoms with Gasteiger partial charge in [0.15, 0.2) is 0 Å². The van der Waals surface area contributed by atoms with E-state index in [1.165, 1.54) is 19.3 Å². The van der Waals surface area contributed by atoms with E-state index in [2.05, 4.69) is 20.8 Å². The largest absolute Gasteiger partial charge is 0.381 e. The molecule has 0 aromatic carbocycles. The Bertz CT molecular complexity index is 182. The van der Waals surface area contributed by atoms with Gasteiger partial charge < -0.3 is 10.5 Å². The number of hydrogen-bond acceptors (Lipinski definition) is 2. The van der Waals surface area contributed by atoms with E-state index in [0.717, 1.165) is 38.0 Å². The molecule has 16 heavy (non-hydrogen) atoms. The van der Waals surface area contributed by atoms with Gasteiger partial charge in [0.1, 0.15) is 0 Å². The second-order valence-electron chi connectivity index (χ2n) is 5.65. The molecule has 2 N–H and O–H groups in total. The van der Waals surface area contributed by atoms with Gasteiger partial charge >= 0.3 is 0 Å². The van der Waals surface area contributed by atoms with Gasteiger partial charge in [0, 0.05) is 13.2 Å². The van der Waals surface area contributed by atoms with E-state index in [4.69, 9.17) is 10.5 Å². The molecular weight excluding hydrogens is 198 g/mol. The molecule has 1 saturated carbocycles. The monoisotopic (exact) mass is 227 g/mol. The summed E-state index contributed by atoms with van der Waals surface area (Å²) in [5.41, 5.74) is 5.86. The maximum Gasteiger partial charge on any atom is 0.0497 e. The van der Waals surface area contributed by atoms with Gasteiger partial charge in [-0.15, -0.1) is 0 Å². The van der Waals surface area contributed by atoms with Gasteiger partial charge in [0.25, 0.3) is 0 Å². The van der Waals surface area contributed by atoms with Crippen molar-refractivity contribution in [1.29, 1.82) is 0 Å². The Balaban J connectivity index is 2.40. The standard InChI is InChI=1S/C14H29NO/c1-4-7-16-10-14-8-12(11(2)3)5-6-13(14)9-15/h11-14H,4-10,15H2,1-3H3. The third-order valence-electron chi connectivity index (χ3n) is 4.11. The van der Waals surface area contributed by atoms with Crippen LogP contribution in [0.2, 0.25) is 0 Å². The predicted octanol–water partition coefficient (Wildman–Crippen LogP) is 3.06. The van der Waals surface area contributed by atoms with Crippen LogP contribution in [0.5, 0.6) is 0 Å². The van der Waals surface area contributed by atoms with Crippen molar-refractivity contribution >= 4 is 0 Å². The van der Waals surface area contributed by atoms with E-state index in [9.17, 15) is 0 Å². The summed E-state index contributed by atoms with van der Waals surface area (Å²) in [6.45, 7) is 9.52. The Hall–Kier alpha value is -0.0800. The molecule has 0 heterocycles. The fourth-order valence-corrected chi connectivity index (χ4v) is 2.86. The molecule has 0 aliphatic heterocycles. The van der Waals surface area contributed by atoms with Crippen LogP contribution in [0.15, 0.2) is 0 Å². The third kappa shape index (κ3) is 4.06. The first-order chi connectivity index (χ1) is 7.69. The molecule has 3 atom stereocenters. The van der Waals surface area contributed by atoms with Crippen molar-refractivity contribution in [1.82, 2.24) is 0 Å². The fraction of sp³-hybridized carbons (Fsp3) is 1.00. The summed E-state index contributed by atoms with van der Waals surface area (Å²) in [4.78, 5) is 0. The first kappa shape index (κ1) is 14.0. The lowest BCUT2D eigenvalue weighted by Crippen LogP contribution is -2.34. The zero-order valence-electron chi connectivity index (χ0n) is 11.2. The van der Waals surface area contributed by atoms with Crippen LogP contribution in [0, 0.1) is 23.7 Å². The minimum atomic E-state index is 0.701. The summed E-state index contributed by atoms with van der Waals surface area (Å²) < 4.78 is 5.73. The minimum absolute atomic E-state index is 0.701. The average molecular weight is 227 g/mol. The molecule has 0 spiro atoms. The van der Waals surface area contributed by atoms with Crippen molar-refractivity contribution in [2.75, 3.05) is 19.8 Å². The molecule has 96 valence electrons. The molecular formula is C14H29NO. The SMILES string of the molecule is CCCOCC1CC(C(C)C)CCC1CN. The smallest absolute Gasteiger partial charge is 0.0497 e. The van der Waals surface area contributed by atoms with Crippen molar-refractivity contribution in [2.24, 2.45) is 29.4 Å². The number of hydrogen-bond donors (Lipinski definition) is 1. The van der Waals surface area contributed by atoms with Gasteiger partial charge in [0.05, 0.1) is 0 Å². The highest BCUT2D eigenvalue weighted by molar-refractivity contribution is 4.82. The van der Waals surface area contributed by atoms with Gasteiger partial charge in [-0.05, 0) is 55.9 Å². The summed E-state index contributed by atoms with van der Waals surface area (Å²) >= 11 is 0. The number of ether oxygens (including phenoxy) is 1. The van der Waals surface area contributed by atoms with Crippen LogP contribution in [0.1, 0.15) is 46.5 Å². The quantitative estimate of drug-likeness (QED) is 0.708. The molecule has 0 radical (unpaired) electrons. The zero-order valence-corrected chi connectivity index (χ0v) is 11.2. The zero-order chi connectivity index (χ0) is 12.0. The lowest BCUT2D eigenvalue weighted by Gasteiger charge is -2.37. The molecule has 0 saturated heterocycles. The highest BCUT2D eigenvalue weighted by atomic mass is 16.5. The van der Waals surface area contributed by atoms with Gasteiger partial charge in [-0.3, -0.25) is 0 Å². The van der Waals surface area contributed by atoms with Crippen LogP contribution in [0.25, 0.3) is 0 Å². The molecule has 0 amide bonds. The molecule has 1 rings (SSSR count). The number of rotatable bonds is 6. The highest BCUT2D eigenvalue weighted by Crippen LogP contribution is 2.37. The Kier molecular flexibility index (Phi) is 6.37. The van der Waals surface area contributed by atoms with Crippen LogP contribution >= 0.6 is 0 Å². The maximum atomic E-state index is 5.86. The van der Waals surface area contributed by atoms with E-state index < -0.39 is 0 Å². The van der Waals surface area contributed by atoms with Crippen molar-refractivity contribution in [2.45, 2.75) is 46.5 Å². The number of nitrogens with two attached hydrogens (primary N) is 1. The first-order valence-corrected chi connectivity index (χ1v) is 6.96. The summed E-state index contributed by atoms with van der Waals surface area (Å²) in [6.07, 6.45) is 5.11.